The SMILES string of the molecule is CSc1cc(C)c(NC(=O)NNP(=S)(Oc2ccc(C(C)(C)C)cc2)Oc2ccc(C(C)(C)C)cc2)c(Cl)c1. The molecule has 2 amide bonds. The Hall–Kier alpha value is -2.22. The summed E-state index contributed by atoms with van der Waals surface area (Å²) in [5.74, 6) is 1.05. The molecule has 0 spiro atoms. The van der Waals surface area contributed by atoms with Crippen LogP contribution in [-0.4, -0.2) is 12.3 Å². The highest BCUT2D eigenvalue weighted by molar-refractivity contribution is 8.09. The van der Waals surface area contributed by atoms with Gasteiger partial charge in [-0.15, -0.1) is 17.0 Å². The van der Waals surface area contributed by atoms with Gasteiger partial charge in [0.1, 0.15) is 11.5 Å². The van der Waals surface area contributed by atoms with Crippen molar-refractivity contribution in [2.45, 2.75) is 64.2 Å². The third-order valence-electron chi connectivity index (χ3n) is 5.93. The summed E-state index contributed by atoms with van der Waals surface area (Å²) in [6.07, 6.45) is 1.97. The van der Waals surface area contributed by atoms with E-state index in [0.717, 1.165) is 21.6 Å². The smallest absolute Gasteiger partial charge is 0.383 e. The Labute approximate surface area is 246 Å². The Balaban J connectivity index is 1.81. The Bertz CT molecular complexity index is 1270. The van der Waals surface area contributed by atoms with Crippen molar-refractivity contribution < 1.29 is 13.8 Å². The fourth-order valence-electron chi connectivity index (χ4n) is 3.63. The first-order chi connectivity index (χ1) is 18.1. The van der Waals surface area contributed by atoms with Gasteiger partial charge >= 0.3 is 12.7 Å². The molecule has 0 aliphatic rings. The van der Waals surface area contributed by atoms with E-state index in [1.54, 1.807) is 17.8 Å². The number of halogens is 1. The standard InChI is InChI=1S/C29H37ClN3O3PS2/c1-19-17-24(39-8)18-25(30)26(19)31-27(34)32-33-37(38,35-22-13-9-20(10-14-22)28(2,3)4)36-23-15-11-21(12-16-23)29(5,6)7/h9-18H,1-8H3,(H,33,38)(H2,31,32,34). The number of aryl methyl sites for hydroxylation is 1. The Kier molecular flexibility index (Phi) is 10.1. The van der Waals surface area contributed by atoms with Crippen molar-refractivity contribution in [3.8, 4) is 11.5 Å². The fourth-order valence-corrected chi connectivity index (χ4v) is 6.35. The molecule has 0 fully saturated rings. The number of carbonyl (C=O) groups excluding carboxylic acids is 1. The lowest BCUT2D eigenvalue weighted by atomic mass is 9.87. The topological polar surface area (TPSA) is 71.6 Å². The minimum Gasteiger partial charge on any atom is -0.424 e. The summed E-state index contributed by atoms with van der Waals surface area (Å²) in [6, 6.07) is 18.6. The number of thioether (sulfide) groups is 1. The van der Waals surface area contributed by atoms with E-state index in [-0.39, 0.29) is 10.8 Å². The van der Waals surface area contributed by atoms with E-state index in [9.17, 15) is 4.79 Å². The van der Waals surface area contributed by atoms with Crippen LogP contribution in [0.4, 0.5) is 10.5 Å². The number of rotatable bonds is 8. The van der Waals surface area contributed by atoms with Crippen LogP contribution in [0.1, 0.15) is 58.2 Å². The van der Waals surface area contributed by atoms with E-state index in [1.165, 1.54) is 0 Å². The molecule has 6 nitrogen and oxygen atoms in total. The summed E-state index contributed by atoms with van der Waals surface area (Å²) in [5, 5.41) is 6.07. The lowest BCUT2D eigenvalue weighted by Crippen LogP contribution is -2.40. The lowest BCUT2D eigenvalue weighted by molar-refractivity contribution is 0.250. The Morgan fingerprint density at radius 3 is 1.72 bits per heavy atom. The van der Waals surface area contributed by atoms with Crippen LogP contribution in [0.3, 0.4) is 0 Å². The minimum absolute atomic E-state index is 0.00462. The van der Waals surface area contributed by atoms with Crippen LogP contribution < -0.4 is 25.0 Å². The zero-order chi connectivity index (χ0) is 29.0. The second-order valence-corrected chi connectivity index (χ2v) is 15.5. The lowest BCUT2D eigenvalue weighted by Gasteiger charge is -2.26. The minimum atomic E-state index is -3.29. The summed E-state index contributed by atoms with van der Waals surface area (Å²) < 4.78 is 12.3. The average Bonchev–Trinajstić information content (AvgIpc) is 2.84. The van der Waals surface area contributed by atoms with Gasteiger partial charge in [0.25, 0.3) is 0 Å². The highest BCUT2D eigenvalue weighted by Gasteiger charge is 2.25. The Morgan fingerprint density at radius 1 is 0.872 bits per heavy atom. The molecule has 0 atom stereocenters. The van der Waals surface area contributed by atoms with Gasteiger partial charge in [-0.25, -0.2) is 4.79 Å². The molecule has 0 aromatic heterocycles. The monoisotopic (exact) mass is 605 g/mol. The van der Waals surface area contributed by atoms with Crippen molar-refractivity contribution in [2.75, 3.05) is 11.6 Å². The molecule has 0 saturated heterocycles. The van der Waals surface area contributed by atoms with Gasteiger partial charge < -0.3 is 14.4 Å². The van der Waals surface area contributed by atoms with Gasteiger partial charge in [-0.1, -0.05) is 77.4 Å². The molecule has 0 bridgehead atoms. The van der Waals surface area contributed by atoms with Gasteiger partial charge in [0.15, 0.2) is 0 Å². The largest absolute Gasteiger partial charge is 0.424 e. The summed E-state index contributed by atoms with van der Waals surface area (Å²) in [6.45, 7) is 11.4. The van der Waals surface area contributed by atoms with Crippen molar-refractivity contribution in [2.24, 2.45) is 0 Å². The first-order valence-electron chi connectivity index (χ1n) is 12.5. The molecular formula is C29H37ClN3O3PS2. The number of anilines is 1. The number of benzene rings is 3. The summed E-state index contributed by atoms with van der Waals surface area (Å²) in [5.41, 5.74) is 6.26. The second kappa shape index (κ2) is 12.5. The van der Waals surface area contributed by atoms with E-state index in [1.807, 2.05) is 67.8 Å². The zero-order valence-electron chi connectivity index (χ0n) is 23.6. The van der Waals surface area contributed by atoms with Crippen molar-refractivity contribution >= 4 is 53.5 Å². The Morgan fingerprint density at radius 2 is 1.33 bits per heavy atom. The number of hydrogen-bond donors (Lipinski definition) is 3. The van der Waals surface area contributed by atoms with Crippen molar-refractivity contribution in [1.82, 2.24) is 10.6 Å². The van der Waals surface area contributed by atoms with Crippen LogP contribution in [0, 0.1) is 6.92 Å². The molecule has 0 unspecified atom stereocenters. The van der Waals surface area contributed by atoms with Crippen LogP contribution in [0.25, 0.3) is 0 Å². The molecule has 0 heterocycles. The highest BCUT2D eigenvalue weighted by Crippen LogP contribution is 2.45. The van der Waals surface area contributed by atoms with Gasteiger partial charge in [0, 0.05) is 16.7 Å². The number of hydrazine groups is 1. The molecule has 0 saturated carbocycles. The molecule has 0 aliphatic carbocycles. The van der Waals surface area contributed by atoms with Crippen LogP contribution in [0.2, 0.25) is 5.02 Å². The number of hydrogen-bond acceptors (Lipinski definition) is 5. The van der Waals surface area contributed by atoms with Gasteiger partial charge in [0.05, 0.1) is 10.7 Å². The quantitative estimate of drug-likeness (QED) is 0.135. The predicted octanol–water partition coefficient (Wildman–Crippen LogP) is 8.97. The first-order valence-corrected chi connectivity index (χ1v) is 16.7. The molecule has 39 heavy (non-hydrogen) atoms. The van der Waals surface area contributed by atoms with E-state index >= 15 is 0 Å². The van der Waals surface area contributed by atoms with Gasteiger partial charge in [-0.2, -0.15) is 0 Å². The maximum Gasteiger partial charge on any atom is 0.383 e. The normalized spacial score (nSPS) is 12.1. The number of carbonyl (C=O) groups is 1. The van der Waals surface area contributed by atoms with Crippen molar-refractivity contribution in [3.05, 3.63) is 82.4 Å². The van der Waals surface area contributed by atoms with E-state index < -0.39 is 12.7 Å². The van der Waals surface area contributed by atoms with E-state index in [4.69, 9.17) is 32.5 Å². The first kappa shape index (κ1) is 31.3. The summed E-state index contributed by atoms with van der Waals surface area (Å²) >= 11 is 13.8. The molecule has 3 aromatic rings. The number of nitrogens with one attached hydrogen (secondary N) is 3. The molecular weight excluding hydrogens is 569 g/mol. The van der Waals surface area contributed by atoms with E-state index in [0.29, 0.717) is 22.2 Å². The van der Waals surface area contributed by atoms with Crippen LogP contribution in [-0.2, 0) is 22.6 Å². The second-order valence-electron chi connectivity index (χ2n) is 11.2. The molecule has 3 N–H and O–H groups in total. The van der Waals surface area contributed by atoms with Gasteiger partial charge in [-0.3, -0.25) is 5.43 Å². The molecule has 210 valence electrons. The van der Waals surface area contributed by atoms with Crippen LogP contribution in [0.15, 0.2) is 65.6 Å². The van der Waals surface area contributed by atoms with E-state index in [2.05, 4.69) is 57.5 Å². The molecule has 10 heteroatoms. The van der Waals surface area contributed by atoms with Gasteiger partial charge in [-0.05, 0) is 77.1 Å². The molecule has 3 rings (SSSR count). The van der Waals surface area contributed by atoms with Crippen LogP contribution >= 0.6 is 30.0 Å². The fraction of sp³-hybridized carbons (Fsp3) is 0.345. The number of urea groups is 1. The van der Waals surface area contributed by atoms with Crippen molar-refractivity contribution in [3.63, 3.8) is 0 Å². The summed E-state index contributed by atoms with van der Waals surface area (Å²) in [7, 11) is 0. The maximum absolute atomic E-state index is 12.8. The molecule has 0 aliphatic heterocycles. The maximum atomic E-state index is 12.8. The van der Waals surface area contributed by atoms with Crippen molar-refractivity contribution in [1.29, 1.82) is 0 Å². The predicted molar refractivity (Wildman–Crippen MR) is 169 cm³/mol. The highest BCUT2D eigenvalue weighted by atomic mass is 35.5. The number of amides is 2. The molecule has 3 aromatic carbocycles. The third kappa shape index (κ3) is 8.89. The zero-order valence-corrected chi connectivity index (χ0v) is 26.9. The van der Waals surface area contributed by atoms with Gasteiger partial charge in [0.2, 0.25) is 0 Å². The average molecular weight is 606 g/mol. The third-order valence-corrected chi connectivity index (χ3v) is 8.95. The molecule has 0 radical (unpaired) electrons. The summed E-state index contributed by atoms with van der Waals surface area (Å²) in [4.78, 5) is 13.9. The van der Waals surface area contributed by atoms with Crippen LogP contribution in [0.5, 0.6) is 11.5 Å².